The van der Waals surface area contributed by atoms with Crippen molar-refractivity contribution < 1.29 is 32.2 Å². The SMILES string of the molecule is CC(C)(C)OC(=O)NC1CN(c2cccc(-c3cnc4ccc(N5CCC[C@@H]5c5cccc(F)c5)nn34)n2)C1.CC(C)(C)OC(=O)NC1CNC1.Fc1cccc([C@H]2CCCN2c2ccc3ncc(-c4cccc(F)n4)n3n2)c1. The van der Waals surface area contributed by atoms with Crippen LogP contribution >= 0.6 is 0 Å². The molecule has 0 aliphatic carbocycles. The number of alkyl carbamates (subject to hydrolysis) is 2. The van der Waals surface area contributed by atoms with Crippen molar-refractivity contribution in [3.63, 3.8) is 0 Å². The number of carbonyl (C=O) groups is 2. The van der Waals surface area contributed by atoms with E-state index in [0.29, 0.717) is 30.1 Å². The summed E-state index contributed by atoms with van der Waals surface area (Å²) in [6.07, 6.45) is 6.60. The third-order valence-electron chi connectivity index (χ3n) is 13.7. The van der Waals surface area contributed by atoms with Crippen LogP contribution in [0.2, 0.25) is 0 Å². The van der Waals surface area contributed by atoms with Crippen LogP contribution in [-0.4, -0.2) is 114 Å². The van der Waals surface area contributed by atoms with Gasteiger partial charge in [0, 0.05) is 39.3 Å². The fraction of sp³-hybridized carbons (Fsp3) is 0.379. The van der Waals surface area contributed by atoms with Crippen molar-refractivity contribution in [2.24, 2.45) is 0 Å². The van der Waals surface area contributed by atoms with Crippen LogP contribution in [0, 0.1) is 17.6 Å². The molecule has 412 valence electrons. The van der Waals surface area contributed by atoms with E-state index in [-0.39, 0.29) is 41.9 Å². The Kier molecular flexibility index (Phi) is 15.7. The Morgan fingerprint density at radius 1 is 0.582 bits per heavy atom. The van der Waals surface area contributed by atoms with E-state index in [1.807, 2.05) is 101 Å². The second-order valence-corrected chi connectivity index (χ2v) is 22.0. The molecule has 18 nitrogen and oxygen atoms in total. The van der Waals surface area contributed by atoms with Gasteiger partial charge in [0.25, 0.3) is 0 Å². The largest absolute Gasteiger partial charge is 0.444 e. The minimum atomic E-state index is -0.547. The molecule has 0 bridgehead atoms. The molecule has 4 aliphatic rings. The van der Waals surface area contributed by atoms with Crippen molar-refractivity contribution in [2.75, 3.05) is 54.0 Å². The number of halogens is 3. The van der Waals surface area contributed by atoms with E-state index in [1.165, 1.54) is 18.2 Å². The molecule has 4 aliphatic heterocycles. The van der Waals surface area contributed by atoms with Crippen molar-refractivity contribution in [3.8, 4) is 22.8 Å². The predicted molar refractivity (Wildman–Crippen MR) is 295 cm³/mol. The summed E-state index contributed by atoms with van der Waals surface area (Å²) < 4.78 is 55.1. The number of carbonyl (C=O) groups excluding carboxylic acids is 2. The van der Waals surface area contributed by atoms with Crippen molar-refractivity contribution in [1.29, 1.82) is 0 Å². The fourth-order valence-corrected chi connectivity index (χ4v) is 9.97. The van der Waals surface area contributed by atoms with Gasteiger partial charge in [-0.2, -0.15) is 4.39 Å². The lowest BCUT2D eigenvalue weighted by molar-refractivity contribution is 0.0479. The van der Waals surface area contributed by atoms with E-state index < -0.39 is 23.2 Å². The molecule has 79 heavy (non-hydrogen) atoms. The molecule has 2 atom stereocenters. The molecular formula is C58H65F3N14O4. The first kappa shape index (κ1) is 54.0. The summed E-state index contributed by atoms with van der Waals surface area (Å²) in [4.78, 5) is 47.4. The Hall–Kier alpha value is -8.33. The molecule has 8 aromatic rings. The maximum absolute atomic E-state index is 13.9. The Morgan fingerprint density at radius 3 is 1.53 bits per heavy atom. The number of hydrogen-bond acceptors (Lipinski definition) is 14. The minimum absolute atomic E-state index is 0.0109. The number of hydrogen-bond donors (Lipinski definition) is 3. The van der Waals surface area contributed by atoms with Gasteiger partial charge in [-0.15, -0.1) is 10.2 Å². The van der Waals surface area contributed by atoms with Gasteiger partial charge in [-0.3, -0.25) is 0 Å². The molecule has 4 saturated heterocycles. The average Bonchev–Trinajstić information content (AvgIpc) is 4.45. The Morgan fingerprint density at radius 2 is 1.06 bits per heavy atom. The van der Waals surface area contributed by atoms with Crippen LogP contribution < -0.4 is 30.7 Å². The molecule has 0 spiro atoms. The summed E-state index contributed by atoms with van der Waals surface area (Å²) in [6, 6.07) is 32.2. The summed E-state index contributed by atoms with van der Waals surface area (Å²) in [5, 5.41) is 18.4. The highest BCUT2D eigenvalue weighted by Crippen LogP contribution is 2.37. The van der Waals surface area contributed by atoms with Gasteiger partial charge < -0.3 is 40.1 Å². The lowest BCUT2D eigenvalue weighted by atomic mass is 10.0. The first-order valence-electron chi connectivity index (χ1n) is 26.7. The van der Waals surface area contributed by atoms with Crippen LogP contribution in [0.15, 0.2) is 122 Å². The van der Waals surface area contributed by atoms with Gasteiger partial charge in [0.2, 0.25) is 5.95 Å². The van der Waals surface area contributed by atoms with Crippen LogP contribution in [0.1, 0.15) is 90.4 Å². The van der Waals surface area contributed by atoms with Crippen molar-refractivity contribution in [1.82, 2.24) is 55.1 Å². The van der Waals surface area contributed by atoms with Crippen LogP contribution in [0.25, 0.3) is 34.1 Å². The molecule has 4 fully saturated rings. The standard InChI is InChI=1S/C29H32FN7O2.C21H17F2N5.C8H16N2O2/c1-29(2,3)39-28(38)32-21-17-35(18-21)26-11-5-9-22(33-26)24-16-31-25-12-13-27(34-37(24)25)36-14-6-10-23(36)19-7-4-8-20(30)15-19;22-15-5-1-4-14(12-15)17-7-3-11-27(17)21-10-9-20-24-13-18(28(20)26-21)16-6-2-8-19(23)25-16;1-8(2,3)12-7(11)10-6-4-9-5-6/h4-5,7-9,11-13,15-16,21,23H,6,10,14,17-18H2,1-3H3,(H,32,38);1-2,4-6,8-10,12-13,17H,3,7,11H2;6,9H,4-5H2,1-3H3,(H,10,11)/t23-;17-;/m11./s1. The van der Waals surface area contributed by atoms with Crippen molar-refractivity contribution in [3.05, 3.63) is 150 Å². The monoisotopic (exact) mass is 1080 g/mol. The number of nitrogens with zero attached hydrogens (tertiary/aromatic N) is 11. The third-order valence-corrected chi connectivity index (χ3v) is 13.7. The molecule has 12 rings (SSSR count). The second kappa shape index (κ2) is 22.9. The molecule has 6 aromatic heterocycles. The number of benzene rings is 2. The van der Waals surface area contributed by atoms with Gasteiger partial charge in [0.05, 0.1) is 47.9 Å². The lowest BCUT2D eigenvalue weighted by Crippen LogP contribution is -2.60. The first-order valence-corrected chi connectivity index (χ1v) is 26.7. The van der Waals surface area contributed by atoms with Gasteiger partial charge >= 0.3 is 12.2 Å². The molecule has 2 aromatic carbocycles. The Balaban J connectivity index is 0.000000153. The molecule has 3 N–H and O–H groups in total. The number of aromatic nitrogens is 8. The number of anilines is 3. The van der Waals surface area contributed by atoms with Crippen LogP contribution in [0.4, 0.5) is 40.2 Å². The smallest absolute Gasteiger partial charge is 0.407 e. The zero-order valence-corrected chi connectivity index (χ0v) is 45.1. The fourth-order valence-electron chi connectivity index (χ4n) is 9.97. The molecule has 2 amide bonds. The van der Waals surface area contributed by atoms with E-state index in [2.05, 4.69) is 45.6 Å². The molecule has 10 heterocycles. The van der Waals surface area contributed by atoms with Crippen LogP contribution in [0.5, 0.6) is 0 Å². The highest BCUT2D eigenvalue weighted by molar-refractivity contribution is 5.70. The topological polar surface area (TPSA) is 185 Å². The summed E-state index contributed by atoms with van der Waals surface area (Å²) >= 11 is 0. The van der Waals surface area contributed by atoms with Crippen molar-refractivity contribution >= 4 is 40.9 Å². The number of rotatable bonds is 9. The summed E-state index contributed by atoms with van der Waals surface area (Å²) in [6.45, 7) is 15.8. The quantitative estimate of drug-likeness (QED) is 0.116. The van der Waals surface area contributed by atoms with Gasteiger partial charge in [0.15, 0.2) is 11.3 Å². The minimum Gasteiger partial charge on any atom is -0.444 e. The van der Waals surface area contributed by atoms with Gasteiger partial charge in [-0.25, -0.2) is 47.3 Å². The van der Waals surface area contributed by atoms with E-state index in [9.17, 15) is 22.8 Å². The maximum atomic E-state index is 13.9. The highest BCUT2D eigenvalue weighted by atomic mass is 19.1. The Bertz CT molecular complexity index is 3440. The number of ether oxygens (including phenoxy) is 2. The number of amides is 2. The first-order chi connectivity index (χ1) is 37.9. The number of nitrogens with one attached hydrogen (secondary N) is 3. The Labute approximate surface area is 456 Å². The van der Waals surface area contributed by atoms with Crippen LogP contribution in [0.3, 0.4) is 0 Å². The second-order valence-electron chi connectivity index (χ2n) is 22.0. The van der Waals surface area contributed by atoms with Crippen molar-refractivity contribution in [2.45, 2.75) is 103 Å². The third kappa shape index (κ3) is 13.2. The number of pyridine rings is 2. The van der Waals surface area contributed by atoms with Gasteiger partial charge in [-0.1, -0.05) is 36.4 Å². The zero-order valence-electron chi connectivity index (χ0n) is 45.1. The van der Waals surface area contributed by atoms with Crippen LogP contribution in [-0.2, 0) is 9.47 Å². The summed E-state index contributed by atoms with van der Waals surface area (Å²) in [7, 11) is 0. The molecule has 0 radical (unpaired) electrons. The van der Waals surface area contributed by atoms with E-state index in [4.69, 9.17) is 24.7 Å². The summed E-state index contributed by atoms with van der Waals surface area (Å²) in [5.74, 6) is 1.42. The molecular weight excluding hydrogens is 1010 g/mol. The molecule has 0 unspecified atom stereocenters. The number of fused-ring (bicyclic) bond motifs is 2. The number of imidazole rings is 2. The van der Waals surface area contributed by atoms with E-state index in [1.54, 1.807) is 53.3 Å². The maximum Gasteiger partial charge on any atom is 0.407 e. The molecule has 21 heteroatoms. The lowest BCUT2D eigenvalue weighted by Gasteiger charge is -2.40. The highest BCUT2D eigenvalue weighted by Gasteiger charge is 2.33. The average molecular weight is 1080 g/mol. The van der Waals surface area contributed by atoms with E-state index in [0.717, 1.165) is 97.5 Å². The normalized spacial score (nSPS) is 17.6. The predicted octanol–water partition coefficient (Wildman–Crippen LogP) is 9.88. The van der Waals surface area contributed by atoms with Gasteiger partial charge in [0.1, 0.15) is 51.7 Å². The van der Waals surface area contributed by atoms with E-state index >= 15 is 0 Å². The zero-order chi connectivity index (χ0) is 55.4. The molecule has 0 saturated carbocycles. The van der Waals surface area contributed by atoms with Gasteiger partial charge in [-0.05, 0) is 151 Å². The summed E-state index contributed by atoms with van der Waals surface area (Å²) in [5.41, 5.74) is 5.01.